The van der Waals surface area contributed by atoms with Gasteiger partial charge in [-0.15, -0.1) is 0 Å². The summed E-state index contributed by atoms with van der Waals surface area (Å²) in [7, 11) is 0. The fourth-order valence-electron chi connectivity index (χ4n) is 2.54. The standard InChI is InChI=1S/C15H15N/c1-2-5-12(6-3-1)9-14-11-16-10-13-7-4-8-15(13)14/h1-3,5-6,10-11H,4,7-9H2. The van der Waals surface area contributed by atoms with Gasteiger partial charge in [0.15, 0.2) is 0 Å². The smallest absolute Gasteiger partial charge is 0.0306 e. The summed E-state index contributed by atoms with van der Waals surface area (Å²) in [6.45, 7) is 0. The lowest BCUT2D eigenvalue weighted by molar-refractivity contribution is 0.906. The van der Waals surface area contributed by atoms with Crippen LogP contribution in [0.25, 0.3) is 0 Å². The summed E-state index contributed by atoms with van der Waals surface area (Å²) in [4.78, 5) is 4.35. The molecule has 1 aliphatic carbocycles. The van der Waals surface area contributed by atoms with Crippen LogP contribution in [0, 0.1) is 0 Å². The van der Waals surface area contributed by atoms with E-state index in [1.165, 1.54) is 36.0 Å². The molecular weight excluding hydrogens is 194 g/mol. The SMILES string of the molecule is c1ccc(Cc2cncc3c2CCC3)cc1. The molecule has 0 saturated carbocycles. The molecule has 0 atom stereocenters. The summed E-state index contributed by atoms with van der Waals surface area (Å²) in [5.74, 6) is 0. The molecule has 0 saturated heterocycles. The molecule has 1 heterocycles. The predicted molar refractivity (Wildman–Crippen MR) is 65.5 cm³/mol. The third-order valence-electron chi connectivity index (χ3n) is 3.35. The number of benzene rings is 1. The lowest BCUT2D eigenvalue weighted by Crippen LogP contribution is -1.96. The maximum absolute atomic E-state index is 4.35. The van der Waals surface area contributed by atoms with Crippen molar-refractivity contribution in [2.75, 3.05) is 0 Å². The van der Waals surface area contributed by atoms with Crippen LogP contribution < -0.4 is 0 Å². The number of pyridine rings is 1. The van der Waals surface area contributed by atoms with Crippen molar-refractivity contribution in [3.63, 3.8) is 0 Å². The molecule has 0 N–H and O–H groups in total. The highest BCUT2D eigenvalue weighted by molar-refractivity contribution is 5.38. The molecule has 16 heavy (non-hydrogen) atoms. The highest BCUT2D eigenvalue weighted by atomic mass is 14.6. The maximum atomic E-state index is 4.35. The van der Waals surface area contributed by atoms with E-state index in [0.29, 0.717) is 0 Å². The Balaban J connectivity index is 1.94. The molecule has 3 rings (SSSR count). The monoisotopic (exact) mass is 209 g/mol. The average Bonchev–Trinajstić information content (AvgIpc) is 2.80. The summed E-state index contributed by atoms with van der Waals surface area (Å²) >= 11 is 0. The first-order valence-electron chi connectivity index (χ1n) is 5.92. The molecule has 0 amide bonds. The minimum absolute atomic E-state index is 1.02. The quantitative estimate of drug-likeness (QED) is 0.740. The minimum atomic E-state index is 1.02. The van der Waals surface area contributed by atoms with Crippen molar-refractivity contribution in [2.45, 2.75) is 25.7 Å². The van der Waals surface area contributed by atoms with E-state index in [2.05, 4.69) is 35.3 Å². The van der Waals surface area contributed by atoms with E-state index in [-0.39, 0.29) is 0 Å². The van der Waals surface area contributed by atoms with Crippen molar-refractivity contribution in [1.82, 2.24) is 4.98 Å². The summed E-state index contributed by atoms with van der Waals surface area (Å²) in [6.07, 6.45) is 8.85. The zero-order valence-corrected chi connectivity index (χ0v) is 9.32. The van der Waals surface area contributed by atoms with E-state index < -0.39 is 0 Å². The third-order valence-corrected chi connectivity index (χ3v) is 3.35. The first-order valence-corrected chi connectivity index (χ1v) is 5.92. The molecule has 0 bridgehead atoms. The third kappa shape index (κ3) is 1.73. The van der Waals surface area contributed by atoms with Gasteiger partial charge >= 0.3 is 0 Å². The Kier molecular flexibility index (Phi) is 2.45. The molecule has 1 aromatic carbocycles. The number of nitrogens with zero attached hydrogens (tertiary/aromatic N) is 1. The zero-order chi connectivity index (χ0) is 10.8. The highest BCUT2D eigenvalue weighted by Gasteiger charge is 2.14. The van der Waals surface area contributed by atoms with Gasteiger partial charge in [0.05, 0.1) is 0 Å². The van der Waals surface area contributed by atoms with Crippen LogP contribution in [0.3, 0.4) is 0 Å². The summed E-state index contributed by atoms with van der Waals surface area (Å²) < 4.78 is 0. The molecule has 1 heteroatoms. The van der Waals surface area contributed by atoms with Gasteiger partial charge in [-0.25, -0.2) is 0 Å². The zero-order valence-electron chi connectivity index (χ0n) is 9.32. The molecule has 0 fully saturated rings. The lowest BCUT2D eigenvalue weighted by atomic mass is 10.00. The van der Waals surface area contributed by atoms with Crippen molar-refractivity contribution < 1.29 is 0 Å². The molecule has 0 aliphatic heterocycles. The fraction of sp³-hybridized carbons (Fsp3) is 0.267. The molecule has 1 aliphatic rings. The van der Waals surface area contributed by atoms with Crippen molar-refractivity contribution in [3.8, 4) is 0 Å². The van der Waals surface area contributed by atoms with E-state index in [0.717, 1.165) is 6.42 Å². The number of aryl methyl sites for hydroxylation is 1. The Labute approximate surface area is 96.2 Å². The normalized spacial score (nSPS) is 13.8. The Bertz CT molecular complexity index is 488. The van der Waals surface area contributed by atoms with E-state index >= 15 is 0 Å². The van der Waals surface area contributed by atoms with Gasteiger partial charge < -0.3 is 0 Å². The minimum Gasteiger partial charge on any atom is -0.264 e. The van der Waals surface area contributed by atoms with Crippen LogP contribution in [0.2, 0.25) is 0 Å². The first kappa shape index (κ1) is 9.59. The molecule has 1 nitrogen and oxygen atoms in total. The molecule has 0 unspecified atom stereocenters. The topological polar surface area (TPSA) is 12.9 Å². The van der Waals surface area contributed by atoms with Gasteiger partial charge in [-0.05, 0) is 47.9 Å². The van der Waals surface area contributed by atoms with Crippen molar-refractivity contribution >= 4 is 0 Å². The Morgan fingerprint density at radius 3 is 2.75 bits per heavy atom. The van der Waals surface area contributed by atoms with Gasteiger partial charge in [-0.2, -0.15) is 0 Å². The molecule has 0 spiro atoms. The van der Waals surface area contributed by atoms with Crippen LogP contribution in [-0.2, 0) is 19.3 Å². The average molecular weight is 209 g/mol. The van der Waals surface area contributed by atoms with E-state index in [9.17, 15) is 0 Å². The number of hydrogen-bond acceptors (Lipinski definition) is 1. The molecule has 1 aromatic heterocycles. The second kappa shape index (κ2) is 4.09. The second-order valence-corrected chi connectivity index (χ2v) is 4.45. The van der Waals surface area contributed by atoms with E-state index in [1.807, 2.05) is 12.4 Å². The van der Waals surface area contributed by atoms with Crippen LogP contribution in [0.15, 0.2) is 42.7 Å². The number of aromatic nitrogens is 1. The Hall–Kier alpha value is -1.63. The first-order chi connectivity index (χ1) is 7.93. The van der Waals surface area contributed by atoms with Gasteiger partial charge in [0.2, 0.25) is 0 Å². The van der Waals surface area contributed by atoms with Gasteiger partial charge in [0, 0.05) is 12.4 Å². The van der Waals surface area contributed by atoms with Crippen molar-refractivity contribution in [2.24, 2.45) is 0 Å². The molecular formula is C15H15N. The van der Waals surface area contributed by atoms with E-state index in [4.69, 9.17) is 0 Å². The van der Waals surface area contributed by atoms with Crippen molar-refractivity contribution in [3.05, 3.63) is 65.0 Å². The molecule has 80 valence electrons. The summed E-state index contributed by atoms with van der Waals surface area (Å²) in [5.41, 5.74) is 5.82. The van der Waals surface area contributed by atoms with Crippen LogP contribution in [0.5, 0.6) is 0 Å². The van der Waals surface area contributed by atoms with E-state index in [1.54, 1.807) is 5.56 Å². The maximum Gasteiger partial charge on any atom is 0.0306 e. The van der Waals surface area contributed by atoms with Gasteiger partial charge in [-0.3, -0.25) is 4.98 Å². The highest BCUT2D eigenvalue weighted by Crippen LogP contribution is 2.25. The van der Waals surface area contributed by atoms with Crippen LogP contribution in [0.1, 0.15) is 28.7 Å². The fourth-order valence-corrected chi connectivity index (χ4v) is 2.54. The summed E-state index contributed by atoms with van der Waals surface area (Å²) in [6, 6.07) is 10.7. The van der Waals surface area contributed by atoms with Crippen LogP contribution >= 0.6 is 0 Å². The number of rotatable bonds is 2. The Morgan fingerprint density at radius 1 is 1.00 bits per heavy atom. The number of fused-ring (bicyclic) bond motifs is 1. The summed E-state index contributed by atoms with van der Waals surface area (Å²) in [5, 5.41) is 0. The Morgan fingerprint density at radius 2 is 1.88 bits per heavy atom. The molecule has 0 radical (unpaired) electrons. The van der Waals surface area contributed by atoms with Crippen LogP contribution in [-0.4, -0.2) is 4.98 Å². The van der Waals surface area contributed by atoms with Gasteiger partial charge in [-0.1, -0.05) is 30.3 Å². The van der Waals surface area contributed by atoms with Crippen molar-refractivity contribution in [1.29, 1.82) is 0 Å². The predicted octanol–water partition coefficient (Wildman–Crippen LogP) is 3.16. The molecule has 2 aromatic rings. The van der Waals surface area contributed by atoms with Crippen LogP contribution in [0.4, 0.5) is 0 Å². The lowest BCUT2D eigenvalue weighted by Gasteiger charge is -2.07. The number of hydrogen-bond donors (Lipinski definition) is 0. The van der Waals surface area contributed by atoms with Gasteiger partial charge in [0.25, 0.3) is 0 Å². The van der Waals surface area contributed by atoms with Gasteiger partial charge in [0.1, 0.15) is 0 Å². The largest absolute Gasteiger partial charge is 0.264 e. The second-order valence-electron chi connectivity index (χ2n) is 4.45.